The van der Waals surface area contributed by atoms with Crippen LogP contribution in [0.5, 0.6) is 0 Å². The average Bonchev–Trinajstić information content (AvgIpc) is 2.78. The first-order chi connectivity index (χ1) is 8.13. The number of rotatable bonds is 4. The highest BCUT2D eigenvalue weighted by Crippen LogP contribution is 2.22. The summed E-state index contributed by atoms with van der Waals surface area (Å²) in [6, 6.07) is 9.26. The fraction of sp³-hybridized carbons (Fsp3) is 0.500. The van der Waals surface area contributed by atoms with E-state index in [1.807, 2.05) is 30.3 Å². The number of nitrogens with zero attached hydrogens (tertiary/aromatic N) is 1. The summed E-state index contributed by atoms with van der Waals surface area (Å²) in [4.78, 5) is 0. The molecule has 0 radical (unpaired) electrons. The van der Waals surface area contributed by atoms with Crippen LogP contribution in [0.15, 0.2) is 30.3 Å². The Balaban J connectivity index is 2.14. The van der Waals surface area contributed by atoms with E-state index in [9.17, 15) is 8.42 Å². The molecule has 1 aliphatic heterocycles. The van der Waals surface area contributed by atoms with Crippen molar-refractivity contribution in [3.05, 3.63) is 35.9 Å². The van der Waals surface area contributed by atoms with Crippen LogP contribution in [-0.4, -0.2) is 31.9 Å². The molecule has 17 heavy (non-hydrogen) atoms. The van der Waals surface area contributed by atoms with Crippen molar-refractivity contribution in [3.8, 4) is 0 Å². The highest BCUT2D eigenvalue weighted by Gasteiger charge is 2.32. The van der Waals surface area contributed by atoms with Gasteiger partial charge in [-0.1, -0.05) is 30.3 Å². The van der Waals surface area contributed by atoms with Gasteiger partial charge in [0, 0.05) is 19.1 Å². The fourth-order valence-electron chi connectivity index (χ4n) is 2.28. The van der Waals surface area contributed by atoms with Crippen molar-refractivity contribution in [2.75, 3.05) is 13.1 Å². The molecule has 0 aliphatic carbocycles. The van der Waals surface area contributed by atoms with E-state index in [0.29, 0.717) is 13.1 Å². The van der Waals surface area contributed by atoms with Crippen molar-refractivity contribution in [1.82, 2.24) is 4.31 Å². The Bertz CT molecular complexity index is 459. The van der Waals surface area contributed by atoms with Gasteiger partial charge in [-0.3, -0.25) is 0 Å². The van der Waals surface area contributed by atoms with E-state index in [1.165, 1.54) is 0 Å². The van der Waals surface area contributed by atoms with Gasteiger partial charge < -0.3 is 5.73 Å². The van der Waals surface area contributed by atoms with Crippen molar-refractivity contribution in [1.29, 1.82) is 0 Å². The summed E-state index contributed by atoms with van der Waals surface area (Å²) >= 11 is 0. The minimum absolute atomic E-state index is 0.0105. The maximum absolute atomic E-state index is 12.2. The van der Waals surface area contributed by atoms with Crippen molar-refractivity contribution >= 4 is 10.0 Å². The molecule has 1 fully saturated rings. The van der Waals surface area contributed by atoms with Crippen LogP contribution in [0.25, 0.3) is 0 Å². The summed E-state index contributed by atoms with van der Waals surface area (Å²) in [5, 5.41) is 0. The summed E-state index contributed by atoms with van der Waals surface area (Å²) in [7, 11) is -3.22. The summed E-state index contributed by atoms with van der Waals surface area (Å²) in [6.45, 7) is 1.02. The molecule has 4 nitrogen and oxygen atoms in total. The quantitative estimate of drug-likeness (QED) is 0.869. The lowest BCUT2D eigenvalue weighted by Crippen LogP contribution is -2.40. The molecule has 1 aromatic carbocycles. The molecule has 1 heterocycles. The molecule has 1 unspecified atom stereocenters. The predicted octanol–water partition coefficient (Wildman–Crippen LogP) is 0.939. The molecule has 0 aromatic heterocycles. The van der Waals surface area contributed by atoms with E-state index in [4.69, 9.17) is 5.73 Å². The van der Waals surface area contributed by atoms with Crippen LogP contribution in [0, 0.1) is 0 Å². The molecule has 1 saturated heterocycles. The van der Waals surface area contributed by atoms with E-state index in [1.54, 1.807) is 4.31 Å². The van der Waals surface area contributed by atoms with Gasteiger partial charge in [0.2, 0.25) is 10.0 Å². The third-order valence-electron chi connectivity index (χ3n) is 3.14. The molecule has 1 aromatic rings. The lowest BCUT2D eigenvalue weighted by molar-refractivity contribution is 0.392. The van der Waals surface area contributed by atoms with Gasteiger partial charge in [-0.2, -0.15) is 4.31 Å². The molecule has 0 saturated carbocycles. The number of hydrogen-bond donors (Lipinski definition) is 1. The molecule has 5 heteroatoms. The number of sulfonamides is 1. The Labute approximate surface area is 102 Å². The second-order valence-corrected chi connectivity index (χ2v) is 6.31. The average molecular weight is 254 g/mol. The van der Waals surface area contributed by atoms with Crippen molar-refractivity contribution in [2.45, 2.75) is 24.6 Å². The van der Waals surface area contributed by atoms with Gasteiger partial charge in [-0.15, -0.1) is 0 Å². The Morgan fingerprint density at radius 1 is 1.29 bits per heavy atom. The molecule has 0 amide bonds. The zero-order valence-electron chi connectivity index (χ0n) is 9.75. The number of hydrogen-bond acceptors (Lipinski definition) is 3. The minimum Gasteiger partial charge on any atom is -0.329 e. The molecule has 1 aliphatic rings. The fourth-order valence-corrected chi connectivity index (χ4v) is 4.11. The van der Waals surface area contributed by atoms with Crippen molar-refractivity contribution in [3.63, 3.8) is 0 Å². The van der Waals surface area contributed by atoms with Gasteiger partial charge >= 0.3 is 0 Å². The molecule has 0 bridgehead atoms. The lowest BCUT2D eigenvalue weighted by Gasteiger charge is -2.22. The monoisotopic (exact) mass is 254 g/mol. The van der Waals surface area contributed by atoms with E-state index >= 15 is 0 Å². The zero-order chi connectivity index (χ0) is 12.3. The first-order valence-electron chi connectivity index (χ1n) is 5.87. The Kier molecular flexibility index (Phi) is 3.81. The van der Waals surface area contributed by atoms with Gasteiger partial charge in [0.1, 0.15) is 0 Å². The lowest BCUT2D eigenvalue weighted by atomic mass is 10.2. The van der Waals surface area contributed by atoms with Gasteiger partial charge in [0.15, 0.2) is 0 Å². The molecule has 1 atom stereocenters. The molecule has 2 N–H and O–H groups in total. The minimum atomic E-state index is -3.22. The van der Waals surface area contributed by atoms with Crippen LogP contribution in [0.3, 0.4) is 0 Å². The smallest absolute Gasteiger partial charge is 0.218 e. The standard InChI is InChI=1S/C12H18N2O2S/c13-9-12-7-4-8-14(12)17(15,16)10-11-5-2-1-3-6-11/h1-3,5-6,12H,4,7-10,13H2. The third kappa shape index (κ3) is 2.86. The van der Waals surface area contributed by atoms with Crippen molar-refractivity contribution < 1.29 is 8.42 Å². The Hall–Kier alpha value is -0.910. The predicted molar refractivity (Wildman–Crippen MR) is 67.8 cm³/mol. The summed E-state index contributed by atoms with van der Waals surface area (Å²) < 4.78 is 26.1. The van der Waals surface area contributed by atoms with Gasteiger partial charge in [0.05, 0.1) is 5.75 Å². The molecular formula is C12H18N2O2S. The molecule has 0 spiro atoms. The maximum Gasteiger partial charge on any atom is 0.218 e. The van der Waals surface area contributed by atoms with E-state index < -0.39 is 10.0 Å². The summed E-state index contributed by atoms with van der Waals surface area (Å²) in [5.41, 5.74) is 6.44. The van der Waals surface area contributed by atoms with Crippen LogP contribution in [0.2, 0.25) is 0 Å². The van der Waals surface area contributed by atoms with Crippen LogP contribution in [0.1, 0.15) is 18.4 Å². The summed E-state index contributed by atoms with van der Waals surface area (Å²) in [5.74, 6) is 0.0737. The number of benzene rings is 1. The SMILES string of the molecule is NCC1CCCN1S(=O)(=O)Cc1ccccc1. The van der Waals surface area contributed by atoms with Gasteiger partial charge in [-0.05, 0) is 18.4 Å². The molecule has 2 rings (SSSR count). The van der Waals surface area contributed by atoms with E-state index in [0.717, 1.165) is 18.4 Å². The van der Waals surface area contributed by atoms with Gasteiger partial charge in [0.25, 0.3) is 0 Å². The first kappa shape index (κ1) is 12.5. The first-order valence-corrected chi connectivity index (χ1v) is 7.48. The zero-order valence-corrected chi connectivity index (χ0v) is 10.6. The maximum atomic E-state index is 12.2. The highest BCUT2D eigenvalue weighted by atomic mass is 32.2. The third-order valence-corrected chi connectivity index (χ3v) is 5.04. The highest BCUT2D eigenvalue weighted by molar-refractivity contribution is 7.88. The van der Waals surface area contributed by atoms with Crippen LogP contribution in [0.4, 0.5) is 0 Å². The number of nitrogens with two attached hydrogens (primary N) is 1. The second-order valence-electron chi connectivity index (χ2n) is 4.38. The molecule has 94 valence electrons. The molecular weight excluding hydrogens is 236 g/mol. The van der Waals surface area contributed by atoms with Crippen LogP contribution >= 0.6 is 0 Å². The van der Waals surface area contributed by atoms with Crippen LogP contribution < -0.4 is 5.73 Å². The second kappa shape index (κ2) is 5.16. The summed E-state index contributed by atoms with van der Waals surface area (Å²) in [6.07, 6.45) is 1.79. The topological polar surface area (TPSA) is 63.4 Å². The van der Waals surface area contributed by atoms with E-state index in [-0.39, 0.29) is 11.8 Å². The van der Waals surface area contributed by atoms with Gasteiger partial charge in [-0.25, -0.2) is 8.42 Å². The van der Waals surface area contributed by atoms with Crippen LogP contribution in [-0.2, 0) is 15.8 Å². The normalized spacial score (nSPS) is 21.8. The Morgan fingerprint density at radius 2 is 2.00 bits per heavy atom. The van der Waals surface area contributed by atoms with Crippen molar-refractivity contribution in [2.24, 2.45) is 5.73 Å². The largest absolute Gasteiger partial charge is 0.329 e. The van der Waals surface area contributed by atoms with E-state index in [2.05, 4.69) is 0 Å². The Morgan fingerprint density at radius 3 is 2.65 bits per heavy atom.